The predicted molar refractivity (Wildman–Crippen MR) is 98.3 cm³/mol. The lowest BCUT2D eigenvalue weighted by Gasteiger charge is -2.40. The SMILES string of the molecule is C=C([C@H]1C(=O)N[C@H]1c1ccc(S(N)(=O)=O)cc1)N1C(=O)c2ccccc2C1=O. The average Bonchev–Trinajstić information content (AvgIpc) is 2.90. The smallest absolute Gasteiger partial charge is 0.265 e. The molecule has 142 valence electrons. The van der Waals surface area contributed by atoms with Crippen LogP contribution in [-0.2, 0) is 14.8 Å². The maximum Gasteiger partial charge on any atom is 0.265 e. The number of fused-ring (bicyclic) bond motifs is 1. The molecule has 1 saturated heterocycles. The van der Waals surface area contributed by atoms with E-state index in [4.69, 9.17) is 5.14 Å². The van der Waals surface area contributed by atoms with Crippen LogP contribution in [0, 0.1) is 5.92 Å². The number of amides is 3. The van der Waals surface area contributed by atoms with E-state index in [0.29, 0.717) is 5.56 Å². The second-order valence-electron chi connectivity index (χ2n) is 6.56. The van der Waals surface area contributed by atoms with E-state index in [1.807, 2.05) is 0 Å². The lowest BCUT2D eigenvalue weighted by Crippen LogP contribution is -2.55. The molecule has 2 atom stereocenters. The van der Waals surface area contributed by atoms with Crippen molar-refractivity contribution in [1.82, 2.24) is 10.2 Å². The molecule has 0 spiro atoms. The summed E-state index contributed by atoms with van der Waals surface area (Å²) in [5.74, 6) is -2.24. The number of carbonyl (C=O) groups excluding carboxylic acids is 3. The number of rotatable bonds is 4. The summed E-state index contributed by atoms with van der Waals surface area (Å²) in [6.45, 7) is 3.83. The van der Waals surface area contributed by atoms with E-state index in [1.54, 1.807) is 24.3 Å². The van der Waals surface area contributed by atoms with E-state index in [1.165, 1.54) is 24.3 Å². The first kappa shape index (κ1) is 18.1. The van der Waals surface area contributed by atoms with Crippen molar-refractivity contribution in [3.05, 3.63) is 77.5 Å². The van der Waals surface area contributed by atoms with Gasteiger partial charge in [0.05, 0.1) is 22.1 Å². The molecule has 8 nitrogen and oxygen atoms in total. The molecule has 0 aliphatic carbocycles. The van der Waals surface area contributed by atoms with Gasteiger partial charge in [-0.25, -0.2) is 18.5 Å². The first-order chi connectivity index (χ1) is 13.2. The van der Waals surface area contributed by atoms with Crippen LogP contribution >= 0.6 is 0 Å². The van der Waals surface area contributed by atoms with Gasteiger partial charge in [0.25, 0.3) is 11.8 Å². The molecule has 2 aliphatic rings. The Balaban J connectivity index is 1.62. The Labute approximate surface area is 160 Å². The second-order valence-corrected chi connectivity index (χ2v) is 8.12. The molecule has 2 aliphatic heterocycles. The maximum atomic E-state index is 12.6. The maximum absolute atomic E-state index is 12.6. The fourth-order valence-electron chi connectivity index (χ4n) is 3.46. The highest BCUT2D eigenvalue weighted by atomic mass is 32.2. The highest BCUT2D eigenvalue weighted by molar-refractivity contribution is 7.89. The fraction of sp³-hybridized carbons (Fsp3) is 0.105. The number of hydrogen-bond donors (Lipinski definition) is 2. The Morgan fingerprint density at radius 2 is 1.50 bits per heavy atom. The summed E-state index contributed by atoms with van der Waals surface area (Å²) in [5, 5.41) is 7.78. The van der Waals surface area contributed by atoms with Crippen molar-refractivity contribution in [2.24, 2.45) is 11.1 Å². The first-order valence-electron chi connectivity index (χ1n) is 8.30. The van der Waals surface area contributed by atoms with Crippen LogP contribution < -0.4 is 10.5 Å². The van der Waals surface area contributed by atoms with Gasteiger partial charge in [-0.05, 0) is 29.8 Å². The molecular formula is C19H15N3O5S. The number of nitrogens with zero attached hydrogens (tertiary/aromatic N) is 1. The van der Waals surface area contributed by atoms with Gasteiger partial charge in [-0.3, -0.25) is 14.4 Å². The molecule has 9 heteroatoms. The molecule has 1 fully saturated rings. The number of primary sulfonamides is 1. The third kappa shape index (κ3) is 2.63. The number of β-lactam (4-membered cyclic amide) rings is 1. The van der Waals surface area contributed by atoms with Gasteiger partial charge in [0.1, 0.15) is 5.92 Å². The van der Waals surface area contributed by atoms with E-state index in [0.717, 1.165) is 4.90 Å². The molecule has 2 aromatic carbocycles. The van der Waals surface area contributed by atoms with E-state index >= 15 is 0 Å². The third-order valence-corrected chi connectivity index (χ3v) is 5.85. The molecule has 0 bridgehead atoms. The molecule has 2 heterocycles. The summed E-state index contributed by atoms with van der Waals surface area (Å²) in [7, 11) is -3.84. The van der Waals surface area contributed by atoms with Gasteiger partial charge in [-0.15, -0.1) is 0 Å². The summed E-state index contributed by atoms with van der Waals surface area (Å²) in [5.41, 5.74) is 1.22. The minimum atomic E-state index is -3.84. The summed E-state index contributed by atoms with van der Waals surface area (Å²) >= 11 is 0. The zero-order chi connectivity index (χ0) is 20.2. The van der Waals surface area contributed by atoms with Crippen LogP contribution in [0.15, 0.2) is 65.7 Å². The molecule has 0 unspecified atom stereocenters. The van der Waals surface area contributed by atoms with Crippen molar-refractivity contribution in [2.75, 3.05) is 0 Å². The Bertz CT molecular complexity index is 1120. The quantitative estimate of drug-likeness (QED) is 0.586. The Hall–Kier alpha value is -3.30. The summed E-state index contributed by atoms with van der Waals surface area (Å²) < 4.78 is 22.8. The molecule has 28 heavy (non-hydrogen) atoms. The van der Waals surface area contributed by atoms with Gasteiger partial charge in [-0.2, -0.15) is 0 Å². The standard InChI is InChI=1S/C19H15N3O5S/c1-10(22-18(24)13-4-2-3-5-14(13)19(22)25)15-16(21-17(15)23)11-6-8-12(9-7-11)28(20,26)27/h2-9,15-16H,1H2,(H,21,23)(H2,20,26,27)/t15-,16+/m1/s1. The van der Waals surface area contributed by atoms with Crippen LogP contribution in [0.4, 0.5) is 0 Å². The lowest BCUT2D eigenvalue weighted by atomic mass is 9.82. The zero-order valence-electron chi connectivity index (χ0n) is 14.5. The molecular weight excluding hydrogens is 382 g/mol. The molecule has 0 saturated carbocycles. The van der Waals surface area contributed by atoms with Crippen LogP contribution in [0.3, 0.4) is 0 Å². The number of carbonyl (C=O) groups is 3. The highest BCUT2D eigenvalue weighted by Crippen LogP contribution is 2.39. The molecule has 4 rings (SSSR count). The van der Waals surface area contributed by atoms with Crippen molar-refractivity contribution in [1.29, 1.82) is 0 Å². The second kappa shape index (κ2) is 6.11. The summed E-state index contributed by atoms with van der Waals surface area (Å²) in [6, 6.07) is 11.6. The number of benzene rings is 2. The van der Waals surface area contributed by atoms with Crippen LogP contribution in [0.5, 0.6) is 0 Å². The number of nitrogens with one attached hydrogen (secondary N) is 1. The lowest BCUT2D eigenvalue weighted by molar-refractivity contribution is -0.133. The summed E-state index contributed by atoms with van der Waals surface area (Å²) in [6.07, 6.45) is 0. The average molecular weight is 397 g/mol. The minimum absolute atomic E-state index is 0.0578. The van der Waals surface area contributed by atoms with E-state index in [-0.39, 0.29) is 27.6 Å². The number of nitrogens with two attached hydrogens (primary N) is 1. The van der Waals surface area contributed by atoms with Crippen LogP contribution in [0.25, 0.3) is 0 Å². The number of sulfonamides is 1. The molecule has 0 aromatic heterocycles. The van der Waals surface area contributed by atoms with Gasteiger partial charge in [-0.1, -0.05) is 30.8 Å². The molecule has 3 N–H and O–H groups in total. The molecule has 2 aromatic rings. The van der Waals surface area contributed by atoms with E-state index in [9.17, 15) is 22.8 Å². The van der Waals surface area contributed by atoms with Crippen molar-refractivity contribution in [3.8, 4) is 0 Å². The van der Waals surface area contributed by atoms with Gasteiger partial charge in [0, 0.05) is 5.70 Å². The van der Waals surface area contributed by atoms with Crippen molar-refractivity contribution in [2.45, 2.75) is 10.9 Å². The monoisotopic (exact) mass is 397 g/mol. The Kier molecular flexibility index (Phi) is 3.95. The number of imide groups is 1. The van der Waals surface area contributed by atoms with Crippen molar-refractivity contribution < 1.29 is 22.8 Å². The van der Waals surface area contributed by atoms with Gasteiger partial charge in [0.15, 0.2) is 0 Å². The molecule has 0 radical (unpaired) electrons. The fourth-order valence-corrected chi connectivity index (χ4v) is 3.97. The zero-order valence-corrected chi connectivity index (χ0v) is 15.3. The third-order valence-electron chi connectivity index (χ3n) is 4.92. The van der Waals surface area contributed by atoms with Crippen molar-refractivity contribution in [3.63, 3.8) is 0 Å². The van der Waals surface area contributed by atoms with Crippen LogP contribution in [-0.4, -0.2) is 31.0 Å². The first-order valence-corrected chi connectivity index (χ1v) is 9.84. The van der Waals surface area contributed by atoms with Crippen molar-refractivity contribution >= 4 is 27.7 Å². The summed E-state index contributed by atoms with van der Waals surface area (Å²) in [4.78, 5) is 38.3. The highest BCUT2D eigenvalue weighted by Gasteiger charge is 2.48. The topological polar surface area (TPSA) is 127 Å². The number of hydrogen-bond acceptors (Lipinski definition) is 5. The largest absolute Gasteiger partial charge is 0.347 e. The molecule has 3 amide bonds. The van der Waals surface area contributed by atoms with E-state index in [2.05, 4.69) is 11.9 Å². The van der Waals surface area contributed by atoms with Gasteiger partial charge < -0.3 is 5.32 Å². The normalized spacial score (nSPS) is 21.2. The van der Waals surface area contributed by atoms with E-state index < -0.39 is 33.8 Å². The Morgan fingerprint density at radius 3 is 1.96 bits per heavy atom. The Morgan fingerprint density at radius 1 is 0.964 bits per heavy atom. The van der Waals surface area contributed by atoms with Gasteiger partial charge >= 0.3 is 0 Å². The van der Waals surface area contributed by atoms with Crippen LogP contribution in [0.1, 0.15) is 32.3 Å². The van der Waals surface area contributed by atoms with Gasteiger partial charge in [0.2, 0.25) is 15.9 Å². The predicted octanol–water partition coefficient (Wildman–Crippen LogP) is 0.931. The minimum Gasteiger partial charge on any atom is -0.347 e. The van der Waals surface area contributed by atoms with Crippen LogP contribution in [0.2, 0.25) is 0 Å².